The van der Waals surface area contributed by atoms with Gasteiger partial charge in [0.15, 0.2) is 0 Å². The molecule has 23 heavy (non-hydrogen) atoms. The minimum atomic E-state index is 0.0114. The molecule has 0 spiro atoms. The summed E-state index contributed by atoms with van der Waals surface area (Å²) in [5, 5.41) is 6.27. The van der Waals surface area contributed by atoms with Gasteiger partial charge in [0.2, 0.25) is 5.91 Å². The maximum atomic E-state index is 12.0. The lowest BCUT2D eigenvalue weighted by molar-refractivity contribution is -0.122. The molecule has 2 heterocycles. The molecule has 1 aromatic rings. The van der Waals surface area contributed by atoms with Crippen LogP contribution in [0.2, 0.25) is 0 Å². The van der Waals surface area contributed by atoms with Crippen molar-refractivity contribution >= 4 is 5.91 Å². The Morgan fingerprint density at radius 3 is 2.39 bits per heavy atom. The van der Waals surface area contributed by atoms with Gasteiger partial charge in [-0.1, -0.05) is 37.1 Å². The summed E-state index contributed by atoms with van der Waals surface area (Å²) in [6.07, 6.45) is 7.48. The molecule has 2 N–H and O–H groups in total. The molecule has 0 saturated carbocycles. The predicted octanol–water partition coefficient (Wildman–Crippen LogP) is 2.43. The zero-order valence-electron chi connectivity index (χ0n) is 14.0. The molecule has 1 amide bonds. The number of likely N-dealkylation sites (tertiary alicyclic amines) is 1. The number of nitrogens with one attached hydrogen (secondary N) is 2. The van der Waals surface area contributed by atoms with Crippen LogP contribution in [0, 0.1) is 0 Å². The van der Waals surface area contributed by atoms with Gasteiger partial charge in [-0.25, -0.2) is 0 Å². The van der Waals surface area contributed by atoms with Crippen molar-refractivity contribution in [2.45, 2.75) is 57.7 Å². The molecule has 1 aromatic carbocycles. The fourth-order valence-electron chi connectivity index (χ4n) is 3.54. The van der Waals surface area contributed by atoms with Gasteiger partial charge in [-0.2, -0.15) is 0 Å². The van der Waals surface area contributed by atoms with E-state index in [1.807, 2.05) is 0 Å². The SMILES string of the molecule is O=C(NCc1ccc(CN2CCCCCC2)cc1)[C@@H]1CCCN1. The lowest BCUT2D eigenvalue weighted by Crippen LogP contribution is -2.39. The first-order valence-corrected chi connectivity index (χ1v) is 9.12. The van der Waals surface area contributed by atoms with Crippen LogP contribution in [0.3, 0.4) is 0 Å². The molecule has 2 aliphatic heterocycles. The van der Waals surface area contributed by atoms with Crippen LogP contribution in [0.15, 0.2) is 24.3 Å². The Bertz CT molecular complexity index is 486. The maximum Gasteiger partial charge on any atom is 0.237 e. The average molecular weight is 315 g/mol. The summed E-state index contributed by atoms with van der Waals surface area (Å²) in [5.74, 6) is 0.135. The van der Waals surface area contributed by atoms with E-state index in [0.29, 0.717) is 6.54 Å². The number of benzene rings is 1. The number of nitrogens with zero attached hydrogens (tertiary/aromatic N) is 1. The molecular formula is C19H29N3O. The van der Waals surface area contributed by atoms with Crippen LogP contribution in [0.25, 0.3) is 0 Å². The second-order valence-corrected chi connectivity index (χ2v) is 6.87. The largest absolute Gasteiger partial charge is 0.351 e. The number of carbonyl (C=O) groups is 1. The Kier molecular flexibility index (Phi) is 6.06. The van der Waals surface area contributed by atoms with Crippen LogP contribution in [-0.4, -0.2) is 36.5 Å². The van der Waals surface area contributed by atoms with Crippen LogP contribution < -0.4 is 10.6 Å². The molecule has 0 bridgehead atoms. The lowest BCUT2D eigenvalue weighted by Gasteiger charge is -2.19. The zero-order chi connectivity index (χ0) is 15.9. The Morgan fingerprint density at radius 2 is 1.74 bits per heavy atom. The molecule has 0 radical (unpaired) electrons. The molecule has 0 aliphatic carbocycles. The highest BCUT2D eigenvalue weighted by molar-refractivity contribution is 5.81. The molecule has 2 saturated heterocycles. The normalized spacial score (nSPS) is 22.7. The number of hydrogen-bond acceptors (Lipinski definition) is 3. The number of carbonyl (C=O) groups excluding carboxylic acids is 1. The van der Waals surface area contributed by atoms with Gasteiger partial charge >= 0.3 is 0 Å². The first-order chi connectivity index (χ1) is 11.3. The highest BCUT2D eigenvalue weighted by atomic mass is 16.2. The quantitative estimate of drug-likeness (QED) is 0.877. The van der Waals surface area contributed by atoms with Crippen LogP contribution >= 0.6 is 0 Å². The Balaban J connectivity index is 1.45. The van der Waals surface area contributed by atoms with Gasteiger partial charge in [0.1, 0.15) is 0 Å². The Hall–Kier alpha value is -1.39. The topological polar surface area (TPSA) is 44.4 Å². The van der Waals surface area contributed by atoms with Gasteiger partial charge in [-0.05, 0) is 56.4 Å². The molecule has 4 nitrogen and oxygen atoms in total. The summed E-state index contributed by atoms with van der Waals surface area (Å²) in [4.78, 5) is 14.6. The van der Waals surface area contributed by atoms with Gasteiger partial charge in [-0.3, -0.25) is 9.69 Å². The average Bonchev–Trinajstić information content (AvgIpc) is 3.00. The summed E-state index contributed by atoms with van der Waals surface area (Å²) in [5.41, 5.74) is 2.55. The van der Waals surface area contributed by atoms with E-state index in [0.717, 1.165) is 25.9 Å². The van der Waals surface area contributed by atoms with E-state index >= 15 is 0 Å². The molecule has 4 heteroatoms. The van der Waals surface area contributed by atoms with Crippen molar-refractivity contribution in [3.05, 3.63) is 35.4 Å². The smallest absolute Gasteiger partial charge is 0.237 e. The maximum absolute atomic E-state index is 12.0. The van der Waals surface area contributed by atoms with Crippen molar-refractivity contribution in [2.75, 3.05) is 19.6 Å². The summed E-state index contributed by atoms with van der Waals surface area (Å²) >= 11 is 0. The molecule has 0 unspecified atom stereocenters. The number of hydrogen-bond donors (Lipinski definition) is 2. The minimum Gasteiger partial charge on any atom is -0.351 e. The van der Waals surface area contributed by atoms with Crippen LogP contribution in [0.4, 0.5) is 0 Å². The summed E-state index contributed by atoms with van der Waals surface area (Å²) in [6, 6.07) is 8.73. The lowest BCUT2D eigenvalue weighted by atomic mass is 10.1. The van der Waals surface area contributed by atoms with E-state index in [1.54, 1.807) is 0 Å². The third kappa shape index (κ3) is 5.05. The first kappa shape index (κ1) is 16.5. The molecule has 3 rings (SSSR count). The van der Waals surface area contributed by atoms with Crippen molar-refractivity contribution < 1.29 is 4.79 Å². The van der Waals surface area contributed by atoms with E-state index in [1.165, 1.54) is 49.9 Å². The molecule has 2 fully saturated rings. The van der Waals surface area contributed by atoms with E-state index in [4.69, 9.17) is 0 Å². The van der Waals surface area contributed by atoms with Crippen LogP contribution in [-0.2, 0) is 17.9 Å². The molecule has 1 atom stereocenters. The number of amides is 1. The monoisotopic (exact) mass is 315 g/mol. The summed E-state index contributed by atoms with van der Waals surface area (Å²) < 4.78 is 0. The van der Waals surface area contributed by atoms with Crippen molar-refractivity contribution in [2.24, 2.45) is 0 Å². The molecule has 126 valence electrons. The Labute approximate surface area is 139 Å². The highest BCUT2D eigenvalue weighted by Gasteiger charge is 2.21. The third-order valence-electron chi connectivity index (χ3n) is 4.97. The second-order valence-electron chi connectivity index (χ2n) is 6.87. The third-order valence-corrected chi connectivity index (χ3v) is 4.97. The zero-order valence-corrected chi connectivity index (χ0v) is 14.0. The summed E-state index contributed by atoms with van der Waals surface area (Å²) in [7, 11) is 0. The van der Waals surface area contributed by atoms with E-state index in [9.17, 15) is 4.79 Å². The number of rotatable bonds is 5. The van der Waals surface area contributed by atoms with Gasteiger partial charge < -0.3 is 10.6 Å². The second kappa shape index (κ2) is 8.46. The van der Waals surface area contributed by atoms with Gasteiger partial charge in [-0.15, -0.1) is 0 Å². The van der Waals surface area contributed by atoms with E-state index < -0.39 is 0 Å². The minimum absolute atomic E-state index is 0.0114. The summed E-state index contributed by atoms with van der Waals surface area (Å²) in [6.45, 7) is 5.10. The van der Waals surface area contributed by atoms with Gasteiger partial charge in [0.25, 0.3) is 0 Å². The van der Waals surface area contributed by atoms with Crippen LogP contribution in [0.5, 0.6) is 0 Å². The van der Waals surface area contributed by atoms with Crippen LogP contribution in [0.1, 0.15) is 49.7 Å². The molecular weight excluding hydrogens is 286 g/mol. The van der Waals surface area contributed by atoms with E-state index in [2.05, 4.69) is 39.8 Å². The molecule has 2 aliphatic rings. The van der Waals surface area contributed by atoms with Crippen molar-refractivity contribution in [3.63, 3.8) is 0 Å². The van der Waals surface area contributed by atoms with Gasteiger partial charge in [0, 0.05) is 13.1 Å². The van der Waals surface area contributed by atoms with E-state index in [-0.39, 0.29) is 11.9 Å². The highest BCUT2D eigenvalue weighted by Crippen LogP contribution is 2.14. The van der Waals surface area contributed by atoms with Gasteiger partial charge in [0.05, 0.1) is 6.04 Å². The fourth-order valence-corrected chi connectivity index (χ4v) is 3.54. The van der Waals surface area contributed by atoms with Crippen molar-refractivity contribution in [1.82, 2.24) is 15.5 Å². The molecule has 0 aromatic heterocycles. The predicted molar refractivity (Wildman–Crippen MR) is 93.1 cm³/mol. The fraction of sp³-hybridized carbons (Fsp3) is 0.632. The Morgan fingerprint density at radius 1 is 1.04 bits per heavy atom. The standard InChI is InChI=1S/C19H29N3O/c23-19(18-6-5-11-20-18)21-14-16-7-9-17(10-8-16)15-22-12-3-1-2-4-13-22/h7-10,18,20H,1-6,11-15H2,(H,21,23)/t18-/m0/s1. The van der Waals surface area contributed by atoms with Crippen molar-refractivity contribution in [3.8, 4) is 0 Å². The van der Waals surface area contributed by atoms with Crippen molar-refractivity contribution in [1.29, 1.82) is 0 Å². The first-order valence-electron chi connectivity index (χ1n) is 9.12.